The zero-order chi connectivity index (χ0) is 17.8. The van der Waals surface area contributed by atoms with Crippen molar-refractivity contribution in [3.05, 3.63) is 47.0 Å². The van der Waals surface area contributed by atoms with E-state index in [1.165, 1.54) is 6.33 Å². The van der Waals surface area contributed by atoms with Crippen LogP contribution in [0.15, 0.2) is 24.5 Å². The summed E-state index contributed by atoms with van der Waals surface area (Å²) in [6.07, 6.45) is 4.31. The first kappa shape index (κ1) is 17.1. The van der Waals surface area contributed by atoms with Gasteiger partial charge in [-0.25, -0.2) is 4.98 Å². The van der Waals surface area contributed by atoms with E-state index >= 15 is 0 Å². The number of piperidine rings is 1. The van der Waals surface area contributed by atoms with Crippen molar-refractivity contribution in [3.63, 3.8) is 0 Å². The number of hydrogen-bond acceptors (Lipinski definition) is 4. The van der Waals surface area contributed by atoms with Crippen LogP contribution in [0, 0.1) is 13.8 Å². The number of benzene rings is 1. The number of hydrogen-bond donors (Lipinski definition) is 2. The van der Waals surface area contributed by atoms with Crippen LogP contribution < -0.4 is 5.32 Å². The lowest BCUT2D eigenvalue weighted by Crippen LogP contribution is -2.44. The molecule has 0 aliphatic carbocycles. The Labute approximate surface area is 146 Å². The molecule has 1 saturated heterocycles. The topological polar surface area (TPSA) is 91.0 Å². The SMILES string of the molecule is Cc1ccc(C(=O)NCC(=O)N2CCCCC2c2ncn[nH]2)cc1C. The van der Waals surface area contributed by atoms with Crippen molar-refractivity contribution in [2.75, 3.05) is 13.1 Å². The summed E-state index contributed by atoms with van der Waals surface area (Å²) < 4.78 is 0. The zero-order valence-electron chi connectivity index (χ0n) is 14.6. The number of carbonyl (C=O) groups is 2. The van der Waals surface area contributed by atoms with E-state index in [0.717, 1.165) is 30.4 Å². The first-order chi connectivity index (χ1) is 12.1. The molecule has 2 heterocycles. The molecule has 7 heteroatoms. The number of aromatic nitrogens is 3. The highest BCUT2D eigenvalue weighted by molar-refractivity contribution is 5.96. The fourth-order valence-corrected chi connectivity index (χ4v) is 3.13. The number of carbonyl (C=O) groups excluding carboxylic acids is 2. The van der Waals surface area contributed by atoms with E-state index in [4.69, 9.17) is 0 Å². The van der Waals surface area contributed by atoms with Gasteiger partial charge in [0.2, 0.25) is 5.91 Å². The van der Waals surface area contributed by atoms with E-state index in [1.807, 2.05) is 26.0 Å². The highest BCUT2D eigenvalue weighted by Gasteiger charge is 2.29. The fourth-order valence-electron chi connectivity index (χ4n) is 3.13. The first-order valence-corrected chi connectivity index (χ1v) is 8.56. The third-order valence-electron chi connectivity index (χ3n) is 4.74. The summed E-state index contributed by atoms with van der Waals surface area (Å²) in [6.45, 7) is 4.62. The van der Waals surface area contributed by atoms with Crippen molar-refractivity contribution in [1.82, 2.24) is 25.4 Å². The van der Waals surface area contributed by atoms with Gasteiger partial charge in [-0.3, -0.25) is 14.7 Å². The molecular formula is C18H23N5O2. The molecule has 0 radical (unpaired) electrons. The summed E-state index contributed by atoms with van der Waals surface area (Å²) in [5.41, 5.74) is 2.76. The minimum absolute atomic E-state index is 0.0175. The van der Waals surface area contributed by atoms with Gasteiger partial charge >= 0.3 is 0 Å². The third kappa shape index (κ3) is 3.87. The molecule has 1 aromatic carbocycles. The average Bonchev–Trinajstić information content (AvgIpc) is 3.16. The quantitative estimate of drug-likeness (QED) is 0.889. The second-order valence-corrected chi connectivity index (χ2v) is 6.45. The summed E-state index contributed by atoms with van der Waals surface area (Å²) in [6, 6.07) is 5.44. The van der Waals surface area contributed by atoms with Gasteiger partial charge in [0.15, 0.2) is 0 Å². The first-order valence-electron chi connectivity index (χ1n) is 8.56. The van der Waals surface area contributed by atoms with E-state index in [9.17, 15) is 9.59 Å². The molecular weight excluding hydrogens is 318 g/mol. The molecule has 2 aromatic rings. The van der Waals surface area contributed by atoms with Gasteiger partial charge in [-0.15, -0.1) is 0 Å². The summed E-state index contributed by atoms with van der Waals surface area (Å²) >= 11 is 0. The second-order valence-electron chi connectivity index (χ2n) is 6.45. The number of aryl methyl sites for hydroxylation is 2. The smallest absolute Gasteiger partial charge is 0.251 e. The molecule has 2 amide bonds. The molecule has 2 N–H and O–H groups in total. The standard InChI is InChI=1S/C18H23N5O2/c1-12-6-7-14(9-13(12)2)18(25)19-10-16(24)23-8-4-3-5-15(23)17-20-11-21-22-17/h6-7,9,11,15H,3-5,8,10H2,1-2H3,(H,19,25)(H,20,21,22). The number of nitrogens with one attached hydrogen (secondary N) is 2. The molecule has 132 valence electrons. The lowest BCUT2D eigenvalue weighted by molar-refractivity contribution is -0.134. The van der Waals surface area contributed by atoms with Crippen molar-refractivity contribution in [2.45, 2.75) is 39.2 Å². The number of likely N-dealkylation sites (tertiary alicyclic amines) is 1. The van der Waals surface area contributed by atoms with Crippen molar-refractivity contribution in [2.24, 2.45) is 0 Å². The highest BCUT2D eigenvalue weighted by Crippen LogP contribution is 2.28. The molecule has 1 atom stereocenters. The van der Waals surface area contributed by atoms with Gasteiger partial charge in [0, 0.05) is 12.1 Å². The van der Waals surface area contributed by atoms with Crippen LogP contribution in [0.4, 0.5) is 0 Å². The van der Waals surface area contributed by atoms with Gasteiger partial charge in [-0.05, 0) is 56.4 Å². The Bertz CT molecular complexity index is 757. The molecule has 3 rings (SSSR count). The maximum absolute atomic E-state index is 12.6. The van der Waals surface area contributed by atoms with Gasteiger partial charge in [0.05, 0.1) is 12.6 Å². The average molecular weight is 341 g/mol. The number of H-pyrrole nitrogens is 1. The highest BCUT2D eigenvalue weighted by atomic mass is 16.2. The van der Waals surface area contributed by atoms with E-state index in [2.05, 4.69) is 20.5 Å². The van der Waals surface area contributed by atoms with Crippen LogP contribution in [-0.2, 0) is 4.79 Å². The predicted octanol–water partition coefficient (Wildman–Crippen LogP) is 1.91. The maximum atomic E-state index is 12.6. The van der Waals surface area contributed by atoms with Crippen LogP contribution in [0.2, 0.25) is 0 Å². The number of aromatic amines is 1. The van der Waals surface area contributed by atoms with Crippen LogP contribution in [0.5, 0.6) is 0 Å². The lowest BCUT2D eigenvalue weighted by atomic mass is 10.0. The van der Waals surface area contributed by atoms with E-state index < -0.39 is 0 Å². The summed E-state index contributed by atoms with van der Waals surface area (Å²) in [7, 11) is 0. The third-order valence-corrected chi connectivity index (χ3v) is 4.74. The van der Waals surface area contributed by atoms with E-state index in [-0.39, 0.29) is 24.4 Å². The van der Waals surface area contributed by atoms with Gasteiger partial charge < -0.3 is 10.2 Å². The normalized spacial score (nSPS) is 17.4. The molecule has 1 aromatic heterocycles. The van der Waals surface area contributed by atoms with Crippen molar-refractivity contribution >= 4 is 11.8 Å². The molecule has 25 heavy (non-hydrogen) atoms. The minimum atomic E-state index is -0.232. The Kier molecular flexibility index (Phi) is 5.11. The Morgan fingerprint density at radius 2 is 2.12 bits per heavy atom. The van der Waals surface area contributed by atoms with Crippen LogP contribution in [-0.4, -0.2) is 45.0 Å². The molecule has 1 unspecified atom stereocenters. The Morgan fingerprint density at radius 1 is 1.28 bits per heavy atom. The molecule has 0 spiro atoms. The molecule has 1 fully saturated rings. The molecule has 1 aliphatic rings. The summed E-state index contributed by atoms with van der Waals surface area (Å²) in [5.74, 6) is 0.372. The minimum Gasteiger partial charge on any atom is -0.343 e. The Balaban J connectivity index is 1.62. The maximum Gasteiger partial charge on any atom is 0.251 e. The molecule has 7 nitrogen and oxygen atoms in total. The van der Waals surface area contributed by atoms with Crippen LogP contribution in [0.25, 0.3) is 0 Å². The predicted molar refractivity (Wildman–Crippen MR) is 92.9 cm³/mol. The Morgan fingerprint density at radius 3 is 2.84 bits per heavy atom. The van der Waals surface area contributed by atoms with Crippen LogP contribution in [0.1, 0.15) is 52.6 Å². The monoisotopic (exact) mass is 341 g/mol. The van der Waals surface area contributed by atoms with E-state index in [0.29, 0.717) is 17.9 Å². The van der Waals surface area contributed by atoms with Gasteiger partial charge in [0.25, 0.3) is 5.91 Å². The van der Waals surface area contributed by atoms with Gasteiger partial charge in [-0.1, -0.05) is 6.07 Å². The summed E-state index contributed by atoms with van der Waals surface area (Å²) in [4.78, 5) is 30.9. The van der Waals surface area contributed by atoms with Gasteiger partial charge in [-0.2, -0.15) is 5.10 Å². The second kappa shape index (κ2) is 7.46. The van der Waals surface area contributed by atoms with Crippen molar-refractivity contribution < 1.29 is 9.59 Å². The lowest BCUT2D eigenvalue weighted by Gasteiger charge is -2.34. The largest absolute Gasteiger partial charge is 0.343 e. The molecule has 0 saturated carbocycles. The summed E-state index contributed by atoms with van der Waals surface area (Å²) in [5, 5.41) is 9.46. The van der Waals surface area contributed by atoms with Crippen molar-refractivity contribution in [1.29, 1.82) is 0 Å². The van der Waals surface area contributed by atoms with Crippen LogP contribution >= 0.6 is 0 Å². The Hall–Kier alpha value is -2.70. The number of nitrogens with zero attached hydrogens (tertiary/aromatic N) is 3. The van der Waals surface area contributed by atoms with E-state index in [1.54, 1.807) is 11.0 Å². The van der Waals surface area contributed by atoms with Gasteiger partial charge in [0.1, 0.15) is 12.2 Å². The molecule has 1 aliphatic heterocycles. The number of amides is 2. The van der Waals surface area contributed by atoms with Crippen LogP contribution in [0.3, 0.4) is 0 Å². The number of rotatable bonds is 4. The fraction of sp³-hybridized carbons (Fsp3) is 0.444. The van der Waals surface area contributed by atoms with Crippen molar-refractivity contribution in [3.8, 4) is 0 Å². The zero-order valence-corrected chi connectivity index (χ0v) is 14.6. The molecule has 0 bridgehead atoms.